The van der Waals surface area contributed by atoms with Crippen molar-refractivity contribution in [3.63, 3.8) is 0 Å². The van der Waals surface area contributed by atoms with Crippen molar-refractivity contribution in [2.24, 2.45) is 0 Å². The summed E-state index contributed by atoms with van der Waals surface area (Å²) < 4.78 is 5.19. The zero-order chi connectivity index (χ0) is 13.9. The van der Waals surface area contributed by atoms with Crippen LogP contribution in [0.1, 0.15) is 11.8 Å². The summed E-state index contributed by atoms with van der Waals surface area (Å²) in [6.45, 7) is 2.15. The quantitative estimate of drug-likeness (QED) is 0.794. The minimum atomic E-state index is 0.857. The number of rotatable bonds is 4. The fourth-order valence-corrected chi connectivity index (χ4v) is 3.05. The second-order valence-electron chi connectivity index (χ2n) is 4.34. The number of benzene rings is 1. The molecule has 3 rings (SSSR count). The minimum absolute atomic E-state index is 0.857. The van der Waals surface area contributed by atoms with Gasteiger partial charge in [0.2, 0.25) is 0 Å². The molecule has 0 spiro atoms. The Labute approximate surface area is 121 Å². The highest BCUT2D eigenvalue weighted by atomic mass is 32.1. The summed E-state index contributed by atoms with van der Waals surface area (Å²) in [6.07, 6.45) is 2.71. The number of hydrogen-bond acceptors (Lipinski definition) is 4. The first-order chi connectivity index (χ1) is 9.81. The number of nitrogens with one attached hydrogen (secondary N) is 1. The lowest BCUT2D eigenvalue weighted by atomic mass is 10.1. The van der Waals surface area contributed by atoms with Crippen molar-refractivity contribution in [3.8, 4) is 27.7 Å². The van der Waals surface area contributed by atoms with Gasteiger partial charge in [0.15, 0.2) is 0 Å². The third kappa shape index (κ3) is 2.32. The molecule has 0 aliphatic carbocycles. The largest absolute Gasteiger partial charge is 0.497 e. The van der Waals surface area contributed by atoms with Gasteiger partial charge in [0.25, 0.3) is 0 Å². The molecule has 0 saturated heterocycles. The molecule has 0 bridgehead atoms. The molecule has 0 aliphatic rings. The summed E-state index contributed by atoms with van der Waals surface area (Å²) in [7, 11) is 1.67. The van der Waals surface area contributed by atoms with Crippen molar-refractivity contribution >= 4 is 11.3 Å². The first kappa shape index (κ1) is 12.9. The molecule has 2 aromatic heterocycles. The van der Waals surface area contributed by atoms with Crippen molar-refractivity contribution in [2.75, 3.05) is 7.11 Å². The van der Waals surface area contributed by atoms with E-state index in [9.17, 15) is 0 Å². The predicted octanol–water partition coefficient (Wildman–Crippen LogP) is 3.77. The van der Waals surface area contributed by atoms with Gasteiger partial charge in [0, 0.05) is 16.6 Å². The standard InChI is InChI=1S/C15H15N3OS/c1-3-13-14(10-4-6-11(19-2)7-5-10)17-15(20-13)12-8-9-16-18-12/h4-9H,3H2,1-2H3,(H,16,18). The number of ether oxygens (including phenoxy) is 1. The second-order valence-corrected chi connectivity index (χ2v) is 5.43. The van der Waals surface area contributed by atoms with Crippen LogP contribution in [0.15, 0.2) is 36.5 Å². The van der Waals surface area contributed by atoms with Crippen LogP contribution in [0.3, 0.4) is 0 Å². The van der Waals surface area contributed by atoms with E-state index in [4.69, 9.17) is 9.72 Å². The van der Waals surface area contributed by atoms with Crippen molar-refractivity contribution in [1.29, 1.82) is 0 Å². The molecule has 3 aromatic rings. The first-order valence-electron chi connectivity index (χ1n) is 6.45. The maximum atomic E-state index is 5.19. The molecule has 0 radical (unpaired) electrons. The number of H-pyrrole nitrogens is 1. The molecule has 0 fully saturated rings. The van der Waals surface area contributed by atoms with Gasteiger partial charge in [-0.2, -0.15) is 5.10 Å². The van der Waals surface area contributed by atoms with Gasteiger partial charge >= 0.3 is 0 Å². The molecule has 4 nitrogen and oxygen atoms in total. The van der Waals surface area contributed by atoms with E-state index in [2.05, 4.69) is 17.1 Å². The lowest BCUT2D eigenvalue weighted by Crippen LogP contribution is -1.86. The summed E-state index contributed by atoms with van der Waals surface area (Å²) in [5.41, 5.74) is 3.12. The van der Waals surface area contributed by atoms with Crippen molar-refractivity contribution in [1.82, 2.24) is 15.2 Å². The molecule has 0 amide bonds. The molecule has 0 saturated carbocycles. The van der Waals surface area contributed by atoms with Crippen LogP contribution < -0.4 is 4.74 Å². The predicted molar refractivity (Wildman–Crippen MR) is 81.1 cm³/mol. The van der Waals surface area contributed by atoms with Crippen LogP contribution in [0, 0.1) is 0 Å². The van der Waals surface area contributed by atoms with Gasteiger partial charge in [-0.25, -0.2) is 4.98 Å². The van der Waals surface area contributed by atoms with E-state index in [-0.39, 0.29) is 0 Å². The van der Waals surface area contributed by atoms with Crippen LogP contribution in [0.5, 0.6) is 5.75 Å². The summed E-state index contributed by atoms with van der Waals surface area (Å²) in [5, 5.41) is 7.93. The summed E-state index contributed by atoms with van der Waals surface area (Å²) in [5.74, 6) is 0.857. The number of methoxy groups -OCH3 is 1. The Morgan fingerprint density at radius 2 is 2.00 bits per heavy atom. The average Bonchev–Trinajstić information content (AvgIpc) is 3.16. The molecular weight excluding hydrogens is 270 g/mol. The van der Waals surface area contributed by atoms with Crippen molar-refractivity contribution in [2.45, 2.75) is 13.3 Å². The Hall–Kier alpha value is -2.14. The molecule has 0 unspecified atom stereocenters. The van der Waals surface area contributed by atoms with E-state index in [1.54, 1.807) is 24.6 Å². The number of hydrogen-bond donors (Lipinski definition) is 1. The topological polar surface area (TPSA) is 50.8 Å². The van der Waals surface area contributed by atoms with E-state index in [1.807, 2.05) is 30.3 Å². The van der Waals surface area contributed by atoms with E-state index in [0.29, 0.717) is 0 Å². The molecule has 2 heterocycles. The number of thiazole rings is 1. The van der Waals surface area contributed by atoms with Crippen LogP contribution in [0.4, 0.5) is 0 Å². The molecule has 102 valence electrons. The lowest BCUT2D eigenvalue weighted by Gasteiger charge is -2.02. The number of aromatic amines is 1. The fourth-order valence-electron chi connectivity index (χ4n) is 2.06. The Balaban J connectivity index is 2.03. The van der Waals surface area contributed by atoms with Crippen LogP contribution in [-0.4, -0.2) is 22.3 Å². The third-order valence-electron chi connectivity index (χ3n) is 3.11. The van der Waals surface area contributed by atoms with Crippen LogP contribution in [-0.2, 0) is 6.42 Å². The minimum Gasteiger partial charge on any atom is -0.497 e. The zero-order valence-electron chi connectivity index (χ0n) is 11.4. The zero-order valence-corrected chi connectivity index (χ0v) is 12.2. The van der Waals surface area contributed by atoms with Gasteiger partial charge in [-0.3, -0.25) is 5.10 Å². The van der Waals surface area contributed by atoms with Crippen LogP contribution in [0.25, 0.3) is 22.0 Å². The number of nitrogens with zero attached hydrogens (tertiary/aromatic N) is 2. The molecule has 20 heavy (non-hydrogen) atoms. The van der Waals surface area contributed by atoms with E-state index in [1.165, 1.54) is 4.88 Å². The molecular formula is C15H15N3OS. The smallest absolute Gasteiger partial charge is 0.142 e. The Bertz CT molecular complexity index is 686. The molecule has 1 aromatic carbocycles. The van der Waals surface area contributed by atoms with Crippen molar-refractivity contribution < 1.29 is 4.74 Å². The van der Waals surface area contributed by atoms with Gasteiger partial charge < -0.3 is 4.74 Å². The highest BCUT2D eigenvalue weighted by Crippen LogP contribution is 2.33. The molecule has 5 heteroatoms. The molecule has 0 aliphatic heterocycles. The molecule has 0 atom stereocenters. The van der Waals surface area contributed by atoms with E-state index in [0.717, 1.165) is 34.1 Å². The maximum absolute atomic E-state index is 5.19. The maximum Gasteiger partial charge on any atom is 0.142 e. The second kappa shape index (κ2) is 5.46. The first-order valence-corrected chi connectivity index (χ1v) is 7.27. The van der Waals surface area contributed by atoms with Gasteiger partial charge in [-0.1, -0.05) is 6.92 Å². The van der Waals surface area contributed by atoms with Crippen LogP contribution >= 0.6 is 11.3 Å². The van der Waals surface area contributed by atoms with Crippen molar-refractivity contribution in [3.05, 3.63) is 41.4 Å². The highest BCUT2D eigenvalue weighted by Gasteiger charge is 2.13. The summed E-state index contributed by atoms with van der Waals surface area (Å²) in [6, 6.07) is 9.96. The van der Waals surface area contributed by atoms with Gasteiger partial charge in [0.1, 0.15) is 10.8 Å². The third-order valence-corrected chi connectivity index (χ3v) is 4.35. The van der Waals surface area contributed by atoms with E-state index >= 15 is 0 Å². The van der Waals surface area contributed by atoms with Gasteiger partial charge in [-0.15, -0.1) is 11.3 Å². The fraction of sp³-hybridized carbons (Fsp3) is 0.200. The van der Waals surface area contributed by atoms with Gasteiger partial charge in [0.05, 0.1) is 18.5 Å². The average molecular weight is 285 g/mol. The Morgan fingerprint density at radius 3 is 2.60 bits per heavy atom. The normalized spacial score (nSPS) is 10.7. The Kier molecular flexibility index (Phi) is 3.52. The number of aryl methyl sites for hydroxylation is 1. The van der Waals surface area contributed by atoms with Crippen LogP contribution in [0.2, 0.25) is 0 Å². The highest BCUT2D eigenvalue weighted by molar-refractivity contribution is 7.15. The van der Waals surface area contributed by atoms with E-state index < -0.39 is 0 Å². The number of aromatic nitrogens is 3. The Morgan fingerprint density at radius 1 is 1.20 bits per heavy atom. The SMILES string of the molecule is CCc1sc(-c2ccn[nH]2)nc1-c1ccc(OC)cc1. The van der Waals surface area contributed by atoms with Gasteiger partial charge in [-0.05, 0) is 36.8 Å². The lowest BCUT2D eigenvalue weighted by molar-refractivity contribution is 0.415. The monoisotopic (exact) mass is 285 g/mol. The summed E-state index contributed by atoms with van der Waals surface area (Å²) >= 11 is 1.71. The summed E-state index contributed by atoms with van der Waals surface area (Å²) in [4.78, 5) is 6.03. The molecule has 1 N–H and O–H groups in total.